The molecule has 21 heavy (non-hydrogen) atoms. The van der Waals surface area contributed by atoms with E-state index in [-0.39, 0.29) is 17.5 Å². The average Bonchev–Trinajstić information content (AvgIpc) is 2.47. The van der Waals surface area contributed by atoms with E-state index in [1.807, 2.05) is 0 Å². The van der Waals surface area contributed by atoms with Crippen molar-refractivity contribution < 1.29 is 22.7 Å². The molecule has 0 spiro atoms. The topological polar surface area (TPSA) is 72.9 Å². The number of likely N-dealkylation sites (N-methyl/N-ethyl adjacent to an activating group) is 1. The van der Waals surface area contributed by atoms with Crippen LogP contribution in [0.25, 0.3) is 0 Å². The summed E-state index contributed by atoms with van der Waals surface area (Å²) >= 11 is 0. The van der Waals surface area contributed by atoms with E-state index >= 15 is 0 Å². The van der Waals surface area contributed by atoms with E-state index in [1.165, 1.54) is 42.7 Å². The molecule has 1 rings (SSSR count). The van der Waals surface area contributed by atoms with Crippen LogP contribution in [-0.4, -0.2) is 52.1 Å². The summed E-state index contributed by atoms with van der Waals surface area (Å²) in [5, 5.41) is 0. The van der Waals surface area contributed by atoms with Gasteiger partial charge in [0, 0.05) is 20.2 Å². The summed E-state index contributed by atoms with van der Waals surface area (Å²) in [6, 6.07) is 5.40. The normalized spacial score (nSPS) is 13.2. The Morgan fingerprint density at radius 2 is 1.86 bits per heavy atom. The van der Waals surface area contributed by atoms with Gasteiger partial charge in [-0.2, -0.15) is 4.31 Å². The van der Waals surface area contributed by atoms with E-state index in [0.717, 1.165) is 0 Å². The van der Waals surface area contributed by atoms with Crippen molar-refractivity contribution in [3.63, 3.8) is 0 Å². The van der Waals surface area contributed by atoms with Crippen molar-refractivity contribution in [2.75, 3.05) is 27.4 Å². The highest BCUT2D eigenvalue weighted by molar-refractivity contribution is 7.89. The van der Waals surface area contributed by atoms with Crippen LogP contribution < -0.4 is 0 Å². The Bertz CT molecular complexity index is 568. The molecule has 0 bridgehead atoms. The molecule has 1 aromatic rings. The van der Waals surface area contributed by atoms with E-state index in [0.29, 0.717) is 12.2 Å². The van der Waals surface area contributed by atoms with Gasteiger partial charge in [-0.25, -0.2) is 13.2 Å². The molecular weight excluding hydrogens is 294 g/mol. The number of hydrogen-bond acceptors (Lipinski definition) is 5. The Balaban J connectivity index is 2.97. The van der Waals surface area contributed by atoms with Gasteiger partial charge in [-0.05, 0) is 38.1 Å². The lowest BCUT2D eigenvalue weighted by Gasteiger charge is -2.23. The molecule has 6 nitrogen and oxygen atoms in total. The van der Waals surface area contributed by atoms with Gasteiger partial charge in [-0.15, -0.1) is 0 Å². The lowest BCUT2D eigenvalue weighted by molar-refractivity contribution is 0.0526. The van der Waals surface area contributed by atoms with Gasteiger partial charge in [0.1, 0.15) is 0 Å². The number of benzene rings is 1. The van der Waals surface area contributed by atoms with Gasteiger partial charge in [0.15, 0.2) is 0 Å². The van der Waals surface area contributed by atoms with Crippen molar-refractivity contribution in [3.8, 4) is 0 Å². The summed E-state index contributed by atoms with van der Waals surface area (Å²) in [6.45, 7) is 4.05. The lowest BCUT2D eigenvalue weighted by Crippen LogP contribution is -2.37. The fourth-order valence-corrected chi connectivity index (χ4v) is 3.07. The predicted molar refractivity (Wildman–Crippen MR) is 78.7 cm³/mol. The van der Waals surface area contributed by atoms with Crippen LogP contribution in [0, 0.1) is 0 Å². The van der Waals surface area contributed by atoms with Crippen molar-refractivity contribution in [3.05, 3.63) is 29.8 Å². The molecule has 0 saturated heterocycles. The monoisotopic (exact) mass is 315 g/mol. The molecule has 0 saturated carbocycles. The number of carbonyl (C=O) groups excluding carboxylic acids is 1. The number of methoxy groups -OCH3 is 1. The third-order valence-corrected chi connectivity index (χ3v) is 5.06. The Kier molecular flexibility index (Phi) is 6.32. The highest BCUT2D eigenvalue weighted by atomic mass is 32.2. The van der Waals surface area contributed by atoms with Crippen LogP contribution >= 0.6 is 0 Å². The Morgan fingerprint density at radius 3 is 2.33 bits per heavy atom. The largest absolute Gasteiger partial charge is 0.462 e. The first-order valence-electron chi connectivity index (χ1n) is 6.58. The zero-order valence-electron chi connectivity index (χ0n) is 12.7. The minimum Gasteiger partial charge on any atom is -0.462 e. The van der Waals surface area contributed by atoms with Crippen LogP contribution in [0.5, 0.6) is 0 Å². The number of nitrogens with zero attached hydrogens (tertiary/aromatic N) is 1. The van der Waals surface area contributed by atoms with E-state index in [4.69, 9.17) is 9.47 Å². The van der Waals surface area contributed by atoms with E-state index in [9.17, 15) is 13.2 Å². The van der Waals surface area contributed by atoms with Gasteiger partial charge in [-0.1, -0.05) is 0 Å². The van der Waals surface area contributed by atoms with Crippen LogP contribution in [0.4, 0.5) is 0 Å². The number of sulfonamides is 1. The molecule has 0 aliphatic rings. The third kappa shape index (κ3) is 4.26. The molecule has 1 aromatic carbocycles. The van der Waals surface area contributed by atoms with Crippen LogP contribution in [0.2, 0.25) is 0 Å². The first-order valence-corrected chi connectivity index (χ1v) is 8.02. The van der Waals surface area contributed by atoms with Crippen LogP contribution in [-0.2, 0) is 19.5 Å². The average molecular weight is 315 g/mol. The molecule has 7 heteroatoms. The van der Waals surface area contributed by atoms with Gasteiger partial charge < -0.3 is 9.47 Å². The van der Waals surface area contributed by atoms with E-state index < -0.39 is 16.0 Å². The molecule has 1 unspecified atom stereocenters. The van der Waals surface area contributed by atoms with Gasteiger partial charge in [0.05, 0.1) is 23.7 Å². The number of rotatable bonds is 7. The molecule has 0 amide bonds. The quantitative estimate of drug-likeness (QED) is 0.713. The Labute approximate surface area is 125 Å². The van der Waals surface area contributed by atoms with Gasteiger partial charge in [0.2, 0.25) is 10.0 Å². The van der Waals surface area contributed by atoms with Crippen molar-refractivity contribution in [2.45, 2.75) is 24.8 Å². The molecule has 0 radical (unpaired) electrons. The summed E-state index contributed by atoms with van der Waals surface area (Å²) in [4.78, 5) is 11.7. The predicted octanol–water partition coefficient (Wildman–Crippen LogP) is 1.52. The Morgan fingerprint density at radius 1 is 1.29 bits per heavy atom. The van der Waals surface area contributed by atoms with Crippen LogP contribution in [0.15, 0.2) is 29.2 Å². The Hall–Kier alpha value is -1.44. The molecule has 118 valence electrons. The van der Waals surface area contributed by atoms with Gasteiger partial charge in [-0.3, -0.25) is 0 Å². The standard InChI is InChI=1S/C14H21NO5S/c1-5-20-14(16)12-6-8-13(9-7-12)21(17,18)15(3)11(2)10-19-4/h6-9,11H,5,10H2,1-4H3. The van der Waals surface area contributed by atoms with Gasteiger partial charge in [0.25, 0.3) is 0 Å². The molecule has 0 fully saturated rings. The summed E-state index contributed by atoms with van der Waals surface area (Å²) in [6.07, 6.45) is 0. The highest BCUT2D eigenvalue weighted by Gasteiger charge is 2.25. The maximum Gasteiger partial charge on any atom is 0.338 e. The second-order valence-corrected chi connectivity index (χ2v) is 6.57. The summed E-state index contributed by atoms with van der Waals surface area (Å²) < 4.78 is 35.9. The summed E-state index contributed by atoms with van der Waals surface area (Å²) in [7, 11) is -0.597. The third-order valence-electron chi connectivity index (χ3n) is 3.07. The van der Waals surface area contributed by atoms with E-state index in [2.05, 4.69) is 0 Å². The minimum atomic E-state index is -3.61. The molecule has 0 aliphatic carbocycles. The SMILES string of the molecule is CCOC(=O)c1ccc(S(=O)(=O)N(C)C(C)COC)cc1. The maximum atomic E-state index is 12.4. The number of carbonyl (C=O) groups is 1. The molecule has 0 heterocycles. The van der Waals surface area contributed by atoms with Crippen molar-refractivity contribution in [2.24, 2.45) is 0 Å². The van der Waals surface area contributed by atoms with Gasteiger partial charge >= 0.3 is 5.97 Å². The van der Waals surface area contributed by atoms with E-state index in [1.54, 1.807) is 13.8 Å². The number of ether oxygens (including phenoxy) is 2. The maximum absolute atomic E-state index is 12.4. The minimum absolute atomic E-state index is 0.126. The summed E-state index contributed by atoms with van der Waals surface area (Å²) in [5.74, 6) is -0.470. The first-order chi connectivity index (χ1) is 9.84. The summed E-state index contributed by atoms with van der Waals surface area (Å²) in [5.41, 5.74) is 0.323. The van der Waals surface area contributed by atoms with Crippen molar-refractivity contribution in [1.29, 1.82) is 0 Å². The molecular formula is C14H21NO5S. The molecule has 1 atom stereocenters. The highest BCUT2D eigenvalue weighted by Crippen LogP contribution is 2.17. The zero-order chi connectivity index (χ0) is 16.0. The zero-order valence-corrected chi connectivity index (χ0v) is 13.5. The first kappa shape index (κ1) is 17.6. The van der Waals surface area contributed by atoms with Crippen LogP contribution in [0.3, 0.4) is 0 Å². The fourth-order valence-electron chi connectivity index (χ4n) is 1.73. The molecule has 0 N–H and O–H groups in total. The molecule has 0 aliphatic heterocycles. The number of hydrogen-bond donors (Lipinski definition) is 0. The van der Waals surface area contributed by atoms with Crippen molar-refractivity contribution in [1.82, 2.24) is 4.31 Å². The van der Waals surface area contributed by atoms with Crippen molar-refractivity contribution >= 4 is 16.0 Å². The lowest BCUT2D eigenvalue weighted by atomic mass is 10.2. The molecule has 0 aromatic heterocycles. The number of esters is 1. The van der Waals surface area contributed by atoms with Crippen LogP contribution in [0.1, 0.15) is 24.2 Å². The second-order valence-electron chi connectivity index (χ2n) is 4.57. The fraction of sp³-hybridized carbons (Fsp3) is 0.500. The second kappa shape index (κ2) is 7.53. The smallest absolute Gasteiger partial charge is 0.338 e.